The minimum absolute atomic E-state index is 0.327. The number of nitrogens with one attached hydrogen (secondary N) is 1. The summed E-state index contributed by atoms with van der Waals surface area (Å²) < 4.78 is 0. The van der Waals surface area contributed by atoms with Gasteiger partial charge in [-0.15, -0.1) is 0 Å². The second kappa shape index (κ2) is 7.78. The lowest BCUT2D eigenvalue weighted by atomic mass is 10.0. The van der Waals surface area contributed by atoms with Crippen LogP contribution in [0.1, 0.15) is 31.9 Å². The van der Waals surface area contributed by atoms with Crippen LogP contribution in [-0.2, 0) is 0 Å². The fraction of sp³-hybridized carbons (Fsp3) is 0.600. The average Bonchev–Trinajstić information content (AvgIpc) is 2.31. The van der Waals surface area contributed by atoms with Crippen LogP contribution in [0.3, 0.4) is 0 Å². The van der Waals surface area contributed by atoms with Gasteiger partial charge in [0.2, 0.25) is 0 Å². The van der Waals surface area contributed by atoms with Crippen LogP contribution in [0.25, 0.3) is 0 Å². The number of hydrogen-bond acceptors (Lipinski definition) is 2. The third-order valence-electron chi connectivity index (χ3n) is 3.11. The summed E-state index contributed by atoms with van der Waals surface area (Å²) in [4.78, 5) is 2.38. The van der Waals surface area contributed by atoms with E-state index in [-0.39, 0.29) is 0 Å². The first-order valence-corrected chi connectivity index (χ1v) is 7.02. The van der Waals surface area contributed by atoms with Crippen molar-refractivity contribution in [2.24, 2.45) is 5.92 Å². The van der Waals surface area contributed by atoms with Crippen molar-refractivity contribution >= 4 is 11.6 Å². The van der Waals surface area contributed by atoms with Crippen LogP contribution in [0.15, 0.2) is 24.3 Å². The largest absolute Gasteiger partial charge is 0.313 e. The maximum absolute atomic E-state index is 6.24. The minimum Gasteiger partial charge on any atom is -0.313 e. The van der Waals surface area contributed by atoms with E-state index >= 15 is 0 Å². The molecule has 0 aliphatic rings. The van der Waals surface area contributed by atoms with Crippen LogP contribution in [0.4, 0.5) is 0 Å². The van der Waals surface area contributed by atoms with Crippen LogP contribution in [0, 0.1) is 5.92 Å². The Morgan fingerprint density at radius 1 is 1.28 bits per heavy atom. The molecule has 0 amide bonds. The third-order valence-corrected chi connectivity index (χ3v) is 3.45. The summed E-state index contributed by atoms with van der Waals surface area (Å²) >= 11 is 6.24. The van der Waals surface area contributed by atoms with Crippen molar-refractivity contribution in [3.8, 4) is 0 Å². The standard InChI is InChI=1S/C15H25ClN2/c1-12(2)11-18(4)10-9-15(17-3)13-7-5-6-8-14(13)16/h5-8,12,15,17H,9-11H2,1-4H3. The summed E-state index contributed by atoms with van der Waals surface area (Å²) in [6.07, 6.45) is 1.07. The molecule has 1 N–H and O–H groups in total. The lowest BCUT2D eigenvalue weighted by molar-refractivity contribution is 0.279. The van der Waals surface area contributed by atoms with E-state index in [1.165, 1.54) is 5.56 Å². The fourth-order valence-corrected chi connectivity index (χ4v) is 2.54. The Labute approximate surface area is 116 Å². The average molecular weight is 269 g/mol. The Balaban J connectivity index is 2.55. The molecule has 0 heterocycles. The van der Waals surface area contributed by atoms with Crippen molar-refractivity contribution in [2.45, 2.75) is 26.3 Å². The summed E-state index contributed by atoms with van der Waals surface area (Å²) in [6, 6.07) is 8.41. The SMILES string of the molecule is CNC(CCN(C)CC(C)C)c1ccccc1Cl. The highest BCUT2D eigenvalue weighted by Crippen LogP contribution is 2.24. The number of hydrogen-bond donors (Lipinski definition) is 1. The number of rotatable bonds is 7. The normalized spacial score (nSPS) is 13.3. The first-order chi connectivity index (χ1) is 8.54. The predicted octanol–water partition coefficient (Wildman–Crippen LogP) is 3.58. The van der Waals surface area contributed by atoms with Crippen LogP contribution < -0.4 is 5.32 Å². The van der Waals surface area contributed by atoms with Gasteiger partial charge in [-0.25, -0.2) is 0 Å². The van der Waals surface area contributed by atoms with Crippen molar-refractivity contribution in [2.75, 3.05) is 27.2 Å². The minimum atomic E-state index is 0.327. The van der Waals surface area contributed by atoms with Gasteiger partial charge in [-0.05, 0) is 44.6 Å². The zero-order valence-corrected chi connectivity index (χ0v) is 12.7. The van der Waals surface area contributed by atoms with E-state index in [0.717, 1.165) is 24.5 Å². The molecular weight excluding hydrogens is 244 g/mol. The maximum Gasteiger partial charge on any atom is 0.0453 e. The number of benzene rings is 1. The molecule has 1 aromatic rings. The molecule has 3 heteroatoms. The van der Waals surface area contributed by atoms with Gasteiger partial charge in [0.1, 0.15) is 0 Å². The summed E-state index contributed by atoms with van der Waals surface area (Å²) in [7, 11) is 4.18. The van der Waals surface area contributed by atoms with Crippen LogP contribution in [0.2, 0.25) is 5.02 Å². The van der Waals surface area contributed by atoms with E-state index in [1.54, 1.807) is 0 Å². The third kappa shape index (κ3) is 4.97. The molecule has 0 saturated carbocycles. The molecule has 0 spiro atoms. The molecular formula is C15H25ClN2. The first-order valence-electron chi connectivity index (χ1n) is 6.64. The lowest BCUT2D eigenvalue weighted by Gasteiger charge is -2.23. The van der Waals surface area contributed by atoms with E-state index in [9.17, 15) is 0 Å². The number of halogens is 1. The topological polar surface area (TPSA) is 15.3 Å². The summed E-state index contributed by atoms with van der Waals surface area (Å²) in [5.41, 5.74) is 1.19. The highest BCUT2D eigenvalue weighted by Gasteiger charge is 2.13. The molecule has 18 heavy (non-hydrogen) atoms. The molecule has 0 aliphatic heterocycles. The zero-order valence-electron chi connectivity index (χ0n) is 11.9. The Morgan fingerprint density at radius 3 is 2.50 bits per heavy atom. The monoisotopic (exact) mass is 268 g/mol. The molecule has 1 atom stereocenters. The molecule has 0 aliphatic carbocycles. The molecule has 102 valence electrons. The molecule has 0 radical (unpaired) electrons. The van der Waals surface area contributed by atoms with Crippen molar-refractivity contribution in [1.82, 2.24) is 10.2 Å². The number of nitrogens with zero attached hydrogens (tertiary/aromatic N) is 1. The fourth-order valence-electron chi connectivity index (χ4n) is 2.28. The lowest BCUT2D eigenvalue weighted by Crippen LogP contribution is -2.28. The Hall–Kier alpha value is -0.570. The van der Waals surface area contributed by atoms with Gasteiger partial charge in [0.25, 0.3) is 0 Å². The summed E-state index contributed by atoms with van der Waals surface area (Å²) in [5, 5.41) is 4.21. The Kier molecular flexibility index (Phi) is 6.69. The van der Waals surface area contributed by atoms with E-state index in [0.29, 0.717) is 12.0 Å². The first kappa shape index (κ1) is 15.5. The summed E-state index contributed by atoms with van der Waals surface area (Å²) in [6.45, 7) is 6.72. The van der Waals surface area contributed by atoms with E-state index in [4.69, 9.17) is 11.6 Å². The van der Waals surface area contributed by atoms with Crippen molar-refractivity contribution in [3.05, 3.63) is 34.9 Å². The van der Waals surface area contributed by atoms with Crippen molar-refractivity contribution in [1.29, 1.82) is 0 Å². The van der Waals surface area contributed by atoms with E-state index in [1.807, 2.05) is 25.2 Å². The highest BCUT2D eigenvalue weighted by atomic mass is 35.5. The molecule has 1 unspecified atom stereocenters. The second-order valence-corrected chi connectivity index (χ2v) is 5.71. The van der Waals surface area contributed by atoms with Gasteiger partial charge in [0.15, 0.2) is 0 Å². The van der Waals surface area contributed by atoms with Gasteiger partial charge >= 0.3 is 0 Å². The highest BCUT2D eigenvalue weighted by molar-refractivity contribution is 6.31. The van der Waals surface area contributed by atoms with E-state index in [2.05, 4.69) is 37.2 Å². The van der Waals surface area contributed by atoms with Crippen LogP contribution >= 0.6 is 11.6 Å². The van der Waals surface area contributed by atoms with Gasteiger partial charge in [-0.2, -0.15) is 0 Å². The Morgan fingerprint density at radius 2 is 1.94 bits per heavy atom. The van der Waals surface area contributed by atoms with Gasteiger partial charge in [0, 0.05) is 17.6 Å². The molecule has 0 fully saturated rings. The van der Waals surface area contributed by atoms with Gasteiger partial charge in [-0.1, -0.05) is 43.6 Å². The smallest absolute Gasteiger partial charge is 0.0453 e. The molecule has 0 aromatic heterocycles. The predicted molar refractivity (Wildman–Crippen MR) is 80.2 cm³/mol. The van der Waals surface area contributed by atoms with E-state index < -0.39 is 0 Å². The second-order valence-electron chi connectivity index (χ2n) is 5.31. The van der Waals surface area contributed by atoms with Crippen molar-refractivity contribution in [3.63, 3.8) is 0 Å². The molecule has 0 saturated heterocycles. The van der Waals surface area contributed by atoms with Gasteiger partial charge < -0.3 is 10.2 Å². The van der Waals surface area contributed by atoms with Crippen LogP contribution in [0.5, 0.6) is 0 Å². The molecule has 2 nitrogen and oxygen atoms in total. The van der Waals surface area contributed by atoms with Gasteiger partial charge in [-0.3, -0.25) is 0 Å². The molecule has 0 bridgehead atoms. The maximum atomic E-state index is 6.24. The Bertz CT molecular complexity index is 352. The zero-order chi connectivity index (χ0) is 13.5. The van der Waals surface area contributed by atoms with Gasteiger partial charge in [0.05, 0.1) is 0 Å². The summed E-state index contributed by atoms with van der Waals surface area (Å²) in [5.74, 6) is 0.711. The van der Waals surface area contributed by atoms with Crippen molar-refractivity contribution < 1.29 is 0 Å². The molecule has 1 aromatic carbocycles. The quantitative estimate of drug-likeness (QED) is 0.813. The van der Waals surface area contributed by atoms with Crippen LogP contribution in [-0.4, -0.2) is 32.1 Å². The molecule has 1 rings (SSSR count).